The summed E-state index contributed by atoms with van der Waals surface area (Å²) in [6, 6.07) is 0. The quantitative estimate of drug-likeness (QED) is 0.342. The van der Waals surface area contributed by atoms with E-state index in [1.807, 2.05) is 0 Å². The summed E-state index contributed by atoms with van der Waals surface area (Å²) >= 11 is 0. The van der Waals surface area contributed by atoms with Gasteiger partial charge in [-0.1, -0.05) is 6.08 Å². The lowest BCUT2D eigenvalue weighted by Gasteiger charge is -2.18. The van der Waals surface area contributed by atoms with Gasteiger partial charge < -0.3 is 24.8 Å². The van der Waals surface area contributed by atoms with Crippen LogP contribution in [0.2, 0.25) is 0 Å². The van der Waals surface area contributed by atoms with E-state index >= 15 is 0 Å². The molecular formula is C9H18O5. The maximum Gasteiger partial charge on any atom is 0.160 e. The molecule has 0 amide bonds. The minimum atomic E-state index is -0.913. The van der Waals surface area contributed by atoms with Crippen LogP contribution in [0.4, 0.5) is 0 Å². The number of aliphatic hydroxyl groups excluding tert-OH is 3. The third-order valence-corrected chi connectivity index (χ3v) is 1.45. The molecule has 0 radical (unpaired) electrons. The number of hydrogen-bond acceptors (Lipinski definition) is 5. The first-order valence-corrected chi connectivity index (χ1v) is 4.48. The van der Waals surface area contributed by atoms with E-state index in [-0.39, 0.29) is 19.8 Å². The summed E-state index contributed by atoms with van der Waals surface area (Å²) in [7, 11) is 0. The summed E-state index contributed by atoms with van der Waals surface area (Å²) in [5.74, 6) is 0. The Morgan fingerprint density at radius 1 is 1.29 bits per heavy atom. The van der Waals surface area contributed by atoms with Crippen molar-refractivity contribution in [3.8, 4) is 0 Å². The molecule has 2 atom stereocenters. The van der Waals surface area contributed by atoms with Gasteiger partial charge in [0.25, 0.3) is 0 Å². The van der Waals surface area contributed by atoms with E-state index in [1.165, 1.54) is 0 Å². The summed E-state index contributed by atoms with van der Waals surface area (Å²) < 4.78 is 10.2. The topological polar surface area (TPSA) is 79.2 Å². The van der Waals surface area contributed by atoms with Gasteiger partial charge in [0.15, 0.2) is 6.29 Å². The molecule has 14 heavy (non-hydrogen) atoms. The van der Waals surface area contributed by atoms with Crippen molar-refractivity contribution in [3.63, 3.8) is 0 Å². The molecule has 5 heteroatoms. The average Bonchev–Trinajstić information content (AvgIpc) is 2.21. The average molecular weight is 206 g/mol. The molecule has 0 spiro atoms. The highest BCUT2D eigenvalue weighted by Gasteiger charge is 2.10. The zero-order chi connectivity index (χ0) is 10.8. The molecule has 0 heterocycles. The minimum absolute atomic E-state index is 0.0156. The van der Waals surface area contributed by atoms with Gasteiger partial charge in [-0.25, -0.2) is 0 Å². The van der Waals surface area contributed by atoms with Gasteiger partial charge in [0.05, 0.1) is 19.8 Å². The van der Waals surface area contributed by atoms with Gasteiger partial charge in [0.2, 0.25) is 0 Å². The molecule has 0 aliphatic carbocycles. The molecule has 0 saturated carbocycles. The van der Waals surface area contributed by atoms with Gasteiger partial charge in [0, 0.05) is 13.0 Å². The first kappa shape index (κ1) is 13.5. The molecule has 0 saturated heterocycles. The summed E-state index contributed by atoms with van der Waals surface area (Å²) in [6.07, 6.45) is 0.407. The van der Waals surface area contributed by atoms with Gasteiger partial charge in [-0.15, -0.1) is 6.58 Å². The zero-order valence-electron chi connectivity index (χ0n) is 8.13. The SMILES string of the molecule is C=CCOC(CCO)OCC(O)CO. The molecule has 0 aromatic heterocycles. The van der Waals surface area contributed by atoms with Crippen molar-refractivity contribution in [1.29, 1.82) is 0 Å². The lowest BCUT2D eigenvalue weighted by Crippen LogP contribution is -2.26. The second-order valence-electron chi connectivity index (χ2n) is 2.73. The fourth-order valence-electron chi connectivity index (χ4n) is 0.767. The monoisotopic (exact) mass is 206 g/mol. The van der Waals surface area contributed by atoms with Crippen molar-refractivity contribution >= 4 is 0 Å². The molecule has 0 rings (SSSR count). The van der Waals surface area contributed by atoms with E-state index in [1.54, 1.807) is 6.08 Å². The number of aliphatic hydroxyl groups is 3. The second-order valence-corrected chi connectivity index (χ2v) is 2.73. The molecule has 0 aromatic carbocycles. The molecule has 2 unspecified atom stereocenters. The van der Waals surface area contributed by atoms with Gasteiger partial charge in [-0.05, 0) is 0 Å². The largest absolute Gasteiger partial charge is 0.396 e. The van der Waals surface area contributed by atoms with E-state index in [0.717, 1.165) is 0 Å². The van der Waals surface area contributed by atoms with E-state index in [4.69, 9.17) is 24.8 Å². The molecule has 3 N–H and O–H groups in total. The maximum absolute atomic E-state index is 8.99. The third-order valence-electron chi connectivity index (χ3n) is 1.45. The summed E-state index contributed by atoms with van der Waals surface area (Å²) in [6.45, 7) is 3.36. The van der Waals surface area contributed by atoms with Crippen LogP contribution in [0.25, 0.3) is 0 Å². The molecule has 84 valence electrons. The standard InChI is InChI=1S/C9H18O5/c1-2-5-13-9(3-4-10)14-7-8(12)6-11/h2,8-12H,1,3-7H2. The molecule has 0 bridgehead atoms. The smallest absolute Gasteiger partial charge is 0.160 e. The fraction of sp³-hybridized carbons (Fsp3) is 0.778. The Morgan fingerprint density at radius 2 is 2.00 bits per heavy atom. The first-order valence-electron chi connectivity index (χ1n) is 4.48. The zero-order valence-corrected chi connectivity index (χ0v) is 8.13. The van der Waals surface area contributed by atoms with Crippen LogP contribution in [0.15, 0.2) is 12.7 Å². The van der Waals surface area contributed by atoms with E-state index in [2.05, 4.69) is 6.58 Å². The molecule has 0 aliphatic heterocycles. The van der Waals surface area contributed by atoms with E-state index in [9.17, 15) is 0 Å². The van der Waals surface area contributed by atoms with E-state index < -0.39 is 12.4 Å². The van der Waals surface area contributed by atoms with Crippen molar-refractivity contribution < 1.29 is 24.8 Å². The number of ether oxygens (including phenoxy) is 2. The fourth-order valence-corrected chi connectivity index (χ4v) is 0.767. The summed E-state index contributed by atoms with van der Waals surface area (Å²) in [4.78, 5) is 0. The lowest BCUT2D eigenvalue weighted by molar-refractivity contribution is -0.161. The Bertz CT molecular complexity index is 139. The minimum Gasteiger partial charge on any atom is -0.396 e. The molecule has 0 fully saturated rings. The van der Waals surface area contributed by atoms with Gasteiger partial charge in [-0.2, -0.15) is 0 Å². The van der Waals surface area contributed by atoms with Gasteiger partial charge >= 0.3 is 0 Å². The van der Waals surface area contributed by atoms with Crippen LogP contribution in [-0.2, 0) is 9.47 Å². The highest BCUT2D eigenvalue weighted by molar-refractivity contribution is 4.64. The van der Waals surface area contributed by atoms with Crippen molar-refractivity contribution in [2.75, 3.05) is 26.4 Å². The Balaban J connectivity index is 3.65. The van der Waals surface area contributed by atoms with Crippen molar-refractivity contribution in [1.82, 2.24) is 0 Å². The van der Waals surface area contributed by atoms with Crippen LogP contribution in [0.1, 0.15) is 6.42 Å². The third kappa shape index (κ3) is 6.99. The lowest BCUT2D eigenvalue weighted by atomic mass is 10.4. The van der Waals surface area contributed by atoms with Crippen LogP contribution in [-0.4, -0.2) is 54.1 Å². The predicted octanol–water partition coefficient (Wildman–Crippen LogP) is -0.733. The molecular weight excluding hydrogens is 188 g/mol. The van der Waals surface area contributed by atoms with Crippen LogP contribution in [0.3, 0.4) is 0 Å². The normalized spacial score (nSPS) is 15.1. The van der Waals surface area contributed by atoms with Crippen LogP contribution >= 0.6 is 0 Å². The Labute approximate surface area is 83.6 Å². The number of hydrogen-bond donors (Lipinski definition) is 3. The number of rotatable bonds is 9. The molecule has 5 nitrogen and oxygen atoms in total. The Hall–Kier alpha value is -0.460. The van der Waals surface area contributed by atoms with Crippen LogP contribution < -0.4 is 0 Å². The summed E-state index contributed by atoms with van der Waals surface area (Å²) in [5, 5.41) is 26.2. The molecule has 0 aromatic rings. The Kier molecular flexibility index (Phi) is 8.81. The van der Waals surface area contributed by atoms with Crippen molar-refractivity contribution in [2.45, 2.75) is 18.8 Å². The van der Waals surface area contributed by atoms with Crippen molar-refractivity contribution in [3.05, 3.63) is 12.7 Å². The Morgan fingerprint density at radius 3 is 2.50 bits per heavy atom. The van der Waals surface area contributed by atoms with Gasteiger partial charge in [0.1, 0.15) is 6.10 Å². The second kappa shape index (κ2) is 9.11. The maximum atomic E-state index is 8.99. The highest BCUT2D eigenvalue weighted by atomic mass is 16.7. The van der Waals surface area contributed by atoms with Crippen LogP contribution in [0, 0.1) is 0 Å². The van der Waals surface area contributed by atoms with E-state index in [0.29, 0.717) is 13.0 Å². The predicted molar refractivity (Wildman–Crippen MR) is 50.7 cm³/mol. The van der Waals surface area contributed by atoms with Gasteiger partial charge in [-0.3, -0.25) is 0 Å². The highest BCUT2D eigenvalue weighted by Crippen LogP contribution is 2.01. The van der Waals surface area contributed by atoms with Crippen LogP contribution in [0.5, 0.6) is 0 Å². The molecule has 0 aliphatic rings. The summed E-state index contributed by atoms with van der Waals surface area (Å²) in [5.41, 5.74) is 0. The van der Waals surface area contributed by atoms with Crippen molar-refractivity contribution in [2.24, 2.45) is 0 Å². The first-order chi connectivity index (χ1) is 6.74.